The number of alkyl halides is 2. The molecule has 0 amide bonds. The smallest absolute Gasteiger partial charge is 0.304 e. The third-order valence-electron chi connectivity index (χ3n) is 2.79. The lowest BCUT2D eigenvalue weighted by Gasteiger charge is -2.14. The number of carboxylic acids is 1. The highest BCUT2D eigenvalue weighted by Gasteiger charge is 2.27. The molecule has 1 unspecified atom stereocenters. The minimum Gasteiger partial charge on any atom is -0.481 e. The molecule has 0 spiro atoms. The maximum absolute atomic E-state index is 12.9. The molecule has 100 valence electrons. The van der Waals surface area contributed by atoms with Crippen LogP contribution >= 0.6 is 11.6 Å². The van der Waals surface area contributed by atoms with Gasteiger partial charge in [0.2, 0.25) is 6.43 Å². The molecule has 19 heavy (non-hydrogen) atoms. The van der Waals surface area contributed by atoms with Gasteiger partial charge in [-0.1, -0.05) is 35.9 Å². The molecule has 0 fully saturated rings. The molecule has 0 bridgehead atoms. The van der Waals surface area contributed by atoms with E-state index in [9.17, 15) is 13.6 Å². The van der Waals surface area contributed by atoms with Gasteiger partial charge < -0.3 is 5.11 Å². The van der Waals surface area contributed by atoms with E-state index in [1.807, 2.05) is 0 Å². The summed E-state index contributed by atoms with van der Waals surface area (Å²) in [6.07, 6.45) is -3.49. The minimum atomic E-state index is -2.80. The summed E-state index contributed by atoms with van der Waals surface area (Å²) >= 11 is 5.94. The third kappa shape index (κ3) is 2.98. The van der Waals surface area contributed by atoms with Gasteiger partial charge in [0.15, 0.2) is 0 Å². The third-order valence-corrected chi connectivity index (χ3v) is 3.08. The van der Waals surface area contributed by atoms with E-state index in [-0.39, 0.29) is 10.8 Å². The summed E-state index contributed by atoms with van der Waals surface area (Å²) in [5.41, 5.74) is 0.00102. The molecule has 0 aliphatic carbocycles. The normalized spacial score (nSPS) is 12.8. The van der Waals surface area contributed by atoms with E-state index in [0.29, 0.717) is 10.8 Å². The van der Waals surface area contributed by atoms with E-state index >= 15 is 0 Å². The maximum Gasteiger partial charge on any atom is 0.304 e. The molecule has 0 aliphatic rings. The number of halogens is 3. The average molecular weight is 286 g/mol. The highest BCUT2D eigenvalue weighted by molar-refractivity contribution is 6.34. The molecule has 1 N–H and O–H groups in total. The highest BCUT2D eigenvalue weighted by Crippen LogP contribution is 2.30. The van der Waals surface area contributed by atoms with Gasteiger partial charge in [-0.15, -0.1) is 0 Å². The van der Waals surface area contributed by atoms with Crippen LogP contribution in [0.5, 0.6) is 0 Å². The Kier molecular flexibility index (Phi) is 3.95. The fourth-order valence-electron chi connectivity index (χ4n) is 1.88. The molecular weight excluding hydrogens is 276 g/mol. The molecule has 0 radical (unpaired) electrons. The number of aromatic nitrogens is 1. The van der Waals surface area contributed by atoms with E-state index in [1.165, 1.54) is 6.07 Å². The molecule has 0 aliphatic heterocycles. The first-order valence-corrected chi connectivity index (χ1v) is 5.92. The fraction of sp³-hybridized carbons (Fsp3) is 0.231. The van der Waals surface area contributed by atoms with Gasteiger partial charge in [0.05, 0.1) is 18.0 Å². The minimum absolute atomic E-state index is 0.00102. The summed E-state index contributed by atoms with van der Waals surface area (Å²) in [5, 5.41) is 10.1. The molecule has 1 aromatic carbocycles. The summed E-state index contributed by atoms with van der Waals surface area (Å²) in [4.78, 5) is 14.5. The number of hydrogen-bond acceptors (Lipinski definition) is 2. The Morgan fingerprint density at radius 3 is 2.68 bits per heavy atom. The second-order valence-electron chi connectivity index (χ2n) is 4.10. The Hall–Kier alpha value is -1.75. The van der Waals surface area contributed by atoms with Crippen molar-refractivity contribution in [2.75, 3.05) is 0 Å². The summed E-state index contributed by atoms with van der Waals surface area (Å²) in [7, 11) is 0. The molecule has 6 heteroatoms. The van der Waals surface area contributed by atoms with Gasteiger partial charge in [0, 0.05) is 5.39 Å². The van der Waals surface area contributed by atoms with E-state index in [4.69, 9.17) is 16.7 Å². The number of carbonyl (C=O) groups is 1. The van der Waals surface area contributed by atoms with Crippen LogP contribution in [-0.2, 0) is 4.79 Å². The van der Waals surface area contributed by atoms with Gasteiger partial charge in [-0.3, -0.25) is 4.79 Å². The molecule has 1 atom stereocenters. The quantitative estimate of drug-likeness (QED) is 0.871. The van der Waals surface area contributed by atoms with Crippen molar-refractivity contribution in [2.45, 2.75) is 18.8 Å². The number of nitrogens with zero attached hydrogens (tertiary/aromatic N) is 1. The number of rotatable bonds is 4. The van der Waals surface area contributed by atoms with Crippen LogP contribution in [0.15, 0.2) is 30.3 Å². The molecule has 1 heterocycles. The van der Waals surface area contributed by atoms with Gasteiger partial charge in [-0.05, 0) is 11.5 Å². The van der Waals surface area contributed by atoms with Crippen LogP contribution < -0.4 is 0 Å². The number of pyridine rings is 1. The van der Waals surface area contributed by atoms with Gasteiger partial charge in [0.25, 0.3) is 0 Å². The number of fused-ring (bicyclic) bond motifs is 1. The average Bonchev–Trinajstić information content (AvgIpc) is 2.35. The van der Waals surface area contributed by atoms with E-state index in [0.717, 1.165) is 0 Å². The lowest BCUT2D eigenvalue weighted by atomic mass is 9.99. The standard InChI is InChI=1S/C13H10ClF2NO2/c14-12-8-4-2-1-3-7(8)5-10(17-12)9(13(15)16)6-11(18)19/h1-5,9,13H,6H2,(H,18,19). The Morgan fingerprint density at radius 2 is 2.05 bits per heavy atom. The topological polar surface area (TPSA) is 50.2 Å². The van der Waals surface area contributed by atoms with Crippen LogP contribution in [0.3, 0.4) is 0 Å². The second kappa shape index (κ2) is 5.48. The van der Waals surface area contributed by atoms with Crippen LogP contribution in [0.25, 0.3) is 10.8 Å². The van der Waals surface area contributed by atoms with Gasteiger partial charge in [0.1, 0.15) is 5.15 Å². The highest BCUT2D eigenvalue weighted by atomic mass is 35.5. The number of aliphatic carboxylic acids is 1. The zero-order chi connectivity index (χ0) is 14.0. The number of hydrogen-bond donors (Lipinski definition) is 1. The van der Waals surface area contributed by atoms with Crippen molar-refractivity contribution in [3.05, 3.63) is 41.2 Å². The second-order valence-corrected chi connectivity index (χ2v) is 4.46. The van der Waals surface area contributed by atoms with Crippen LogP contribution in [0.4, 0.5) is 8.78 Å². The Bertz CT molecular complexity index is 619. The van der Waals surface area contributed by atoms with Crippen molar-refractivity contribution < 1.29 is 18.7 Å². The SMILES string of the molecule is O=C(O)CC(c1cc2ccccc2c(Cl)n1)C(F)F. The van der Waals surface area contributed by atoms with Crippen molar-refractivity contribution in [1.29, 1.82) is 0 Å². The van der Waals surface area contributed by atoms with Crippen molar-refractivity contribution in [3.63, 3.8) is 0 Å². The van der Waals surface area contributed by atoms with Gasteiger partial charge >= 0.3 is 5.97 Å². The molecule has 2 aromatic rings. The molecule has 0 saturated carbocycles. The monoisotopic (exact) mass is 285 g/mol. The first kappa shape index (κ1) is 13.7. The van der Waals surface area contributed by atoms with Crippen molar-refractivity contribution in [1.82, 2.24) is 4.98 Å². The predicted molar refractivity (Wildman–Crippen MR) is 67.8 cm³/mol. The number of carboxylic acid groups (broad SMARTS) is 1. The molecule has 2 rings (SSSR count). The van der Waals surface area contributed by atoms with Crippen molar-refractivity contribution in [2.24, 2.45) is 0 Å². The predicted octanol–water partition coefficient (Wildman–Crippen LogP) is 3.71. The van der Waals surface area contributed by atoms with Crippen LogP contribution in [-0.4, -0.2) is 22.5 Å². The van der Waals surface area contributed by atoms with Crippen LogP contribution in [0.1, 0.15) is 18.0 Å². The maximum atomic E-state index is 12.9. The summed E-state index contributed by atoms with van der Waals surface area (Å²) in [5.74, 6) is -2.75. The lowest BCUT2D eigenvalue weighted by Crippen LogP contribution is -2.15. The Labute approximate surface area is 112 Å². The molecular formula is C13H10ClF2NO2. The summed E-state index contributed by atoms with van der Waals surface area (Å²) < 4.78 is 25.9. The van der Waals surface area contributed by atoms with Crippen LogP contribution in [0.2, 0.25) is 5.15 Å². The zero-order valence-electron chi connectivity index (χ0n) is 9.69. The first-order valence-electron chi connectivity index (χ1n) is 5.54. The Morgan fingerprint density at radius 1 is 1.37 bits per heavy atom. The Balaban J connectivity index is 2.51. The first-order chi connectivity index (χ1) is 8.99. The van der Waals surface area contributed by atoms with Crippen LogP contribution in [0, 0.1) is 0 Å². The lowest BCUT2D eigenvalue weighted by molar-refractivity contribution is -0.138. The molecule has 3 nitrogen and oxygen atoms in total. The number of benzene rings is 1. The molecule has 0 saturated heterocycles. The van der Waals surface area contributed by atoms with E-state index in [2.05, 4.69) is 4.98 Å². The summed E-state index contributed by atoms with van der Waals surface area (Å²) in [6, 6.07) is 8.41. The van der Waals surface area contributed by atoms with Crippen molar-refractivity contribution >= 4 is 28.3 Å². The van der Waals surface area contributed by atoms with Crippen molar-refractivity contribution in [3.8, 4) is 0 Å². The largest absolute Gasteiger partial charge is 0.481 e. The van der Waals surface area contributed by atoms with E-state index in [1.54, 1.807) is 24.3 Å². The molecule has 1 aromatic heterocycles. The summed E-state index contributed by atoms with van der Waals surface area (Å²) in [6.45, 7) is 0. The van der Waals surface area contributed by atoms with Gasteiger partial charge in [-0.2, -0.15) is 0 Å². The van der Waals surface area contributed by atoms with E-state index < -0.39 is 24.7 Å². The zero-order valence-corrected chi connectivity index (χ0v) is 10.4. The van der Waals surface area contributed by atoms with Gasteiger partial charge in [-0.25, -0.2) is 13.8 Å². The fourth-order valence-corrected chi connectivity index (χ4v) is 2.15.